The van der Waals surface area contributed by atoms with Crippen molar-refractivity contribution in [3.8, 4) is 0 Å². The molecule has 2 aliphatic carbocycles. The van der Waals surface area contributed by atoms with Crippen molar-refractivity contribution in [2.24, 2.45) is 29.1 Å². The number of carbonyl (C=O) groups excluding carboxylic acids is 1. The Morgan fingerprint density at radius 3 is 2.65 bits per heavy atom. The molecule has 1 saturated heterocycles. The van der Waals surface area contributed by atoms with E-state index in [1.165, 1.54) is 24.0 Å². The van der Waals surface area contributed by atoms with Gasteiger partial charge in [-0.2, -0.15) is 0 Å². The smallest absolute Gasteiger partial charge is 0.312 e. The van der Waals surface area contributed by atoms with E-state index >= 15 is 0 Å². The second kappa shape index (κ2) is 6.67. The molecule has 0 radical (unpaired) electrons. The van der Waals surface area contributed by atoms with E-state index in [0.29, 0.717) is 17.8 Å². The molecule has 3 heteroatoms. The maximum atomic E-state index is 12.7. The number of hydrogen-bond donors (Lipinski definition) is 0. The zero-order chi connectivity index (χ0) is 18.5. The van der Waals surface area contributed by atoms with Crippen LogP contribution in [0.5, 0.6) is 0 Å². The van der Waals surface area contributed by atoms with Crippen molar-refractivity contribution in [1.82, 2.24) is 0 Å². The second-order valence-electron chi connectivity index (χ2n) is 9.48. The highest BCUT2D eigenvalue weighted by atomic mass is 16.7. The quantitative estimate of drug-likeness (QED) is 0.732. The van der Waals surface area contributed by atoms with Crippen molar-refractivity contribution in [3.05, 3.63) is 35.4 Å². The summed E-state index contributed by atoms with van der Waals surface area (Å²) in [7, 11) is 0. The molecule has 26 heavy (non-hydrogen) atoms. The van der Waals surface area contributed by atoms with Gasteiger partial charge in [-0.25, -0.2) is 0 Å². The Labute approximate surface area is 157 Å². The lowest BCUT2D eigenvalue weighted by atomic mass is 9.66. The van der Waals surface area contributed by atoms with Crippen LogP contribution in [-0.2, 0) is 27.1 Å². The standard InChI is InChI=1S/C23H32O3/c1-14(2)18-10-9-15(3)11-20(18)25-22-23(4)13-17-8-6-5-7-16(17)12-19(23)21(24)26-22/h5-8,14-15,18-20,22H,9-13H2,1-4H3. The van der Waals surface area contributed by atoms with Crippen molar-refractivity contribution >= 4 is 5.97 Å². The van der Waals surface area contributed by atoms with Crippen LogP contribution < -0.4 is 0 Å². The largest absolute Gasteiger partial charge is 0.435 e. The molecule has 3 aliphatic rings. The van der Waals surface area contributed by atoms with Gasteiger partial charge in [-0.05, 0) is 54.6 Å². The molecule has 1 aliphatic heterocycles. The number of rotatable bonds is 3. The second-order valence-corrected chi connectivity index (χ2v) is 9.48. The van der Waals surface area contributed by atoms with Crippen LogP contribution in [0.3, 0.4) is 0 Å². The van der Waals surface area contributed by atoms with Gasteiger partial charge in [0.15, 0.2) is 0 Å². The van der Waals surface area contributed by atoms with E-state index in [1.807, 2.05) is 0 Å². The molecular weight excluding hydrogens is 324 g/mol. The maximum Gasteiger partial charge on any atom is 0.312 e. The number of esters is 1. The fourth-order valence-electron chi connectivity index (χ4n) is 5.45. The fraction of sp³-hybridized carbons (Fsp3) is 0.696. The minimum atomic E-state index is -0.412. The van der Waals surface area contributed by atoms with Crippen LogP contribution in [-0.4, -0.2) is 18.4 Å². The molecule has 0 bridgehead atoms. The number of ether oxygens (including phenoxy) is 2. The Hall–Kier alpha value is -1.35. The summed E-state index contributed by atoms with van der Waals surface area (Å²) >= 11 is 0. The molecule has 0 aromatic heterocycles. The monoisotopic (exact) mass is 356 g/mol. The SMILES string of the molecule is CC1CCC(C(C)C)C(OC2OC(=O)C3Cc4ccccc4CC23C)C1. The third-order valence-corrected chi connectivity index (χ3v) is 7.22. The highest BCUT2D eigenvalue weighted by molar-refractivity contribution is 5.77. The number of fused-ring (bicyclic) bond motifs is 2. The van der Waals surface area contributed by atoms with Gasteiger partial charge in [-0.3, -0.25) is 4.79 Å². The molecule has 6 atom stereocenters. The highest BCUT2D eigenvalue weighted by Crippen LogP contribution is 2.50. The van der Waals surface area contributed by atoms with Crippen LogP contribution >= 0.6 is 0 Å². The summed E-state index contributed by atoms with van der Waals surface area (Å²) in [6.45, 7) is 9.09. The Kier molecular flexibility index (Phi) is 4.63. The number of cyclic esters (lactones) is 1. The summed E-state index contributed by atoms with van der Waals surface area (Å²) < 4.78 is 12.5. The van der Waals surface area contributed by atoms with E-state index in [-0.39, 0.29) is 23.4 Å². The summed E-state index contributed by atoms with van der Waals surface area (Å²) in [5, 5.41) is 0. The van der Waals surface area contributed by atoms with Crippen molar-refractivity contribution in [2.45, 2.75) is 72.2 Å². The van der Waals surface area contributed by atoms with Gasteiger partial charge >= 0.3 is 5.97 Å². The van der Waals surface area contributed by atoms with Crippen LogP contribution in [0.2, 0.25) is 0 Å². The summed E-state index contributed by atoms with van der Waals surface area (Å²) in [5.74, 6) is 1.68. The number of hydrogen-bond acceptors (Lipinski definition) is 3. The molecule has 6 unspecified atom stereocenters. The van der Waals surface area contributed by atoms with Crippen LogP contribution in [0.15, 0.2) is 24.3 Å². The highest BCUT2D eigenvalue weighted by Gasteiger charge is 2.57. The molecule has 1 aromatic rings. The Morgan fingerprint density at radius 1 is 1.19 bits per heavy atom. The van der Waals surface area contributed by atoms with Gasteiger partial charge < -0.3 is 9.47 Å². The normalized spacial score (nSPS) is 39.4. The van der Waals surface area contributed by atoms with Gasteiger partial charge in [0.05, 0.1) is 12.0 Å². The van der Waals surface area contributed by atoms with Gasteiger partial charge in [0.25, 0.3) is 0 Å². The van der Waals surface area contributed by atoms with E-state index in [4.69, 9.17) is 9.47 Å². The average Bonchev–Trinajstić information content (AvgIpc) is 2.83. The van der Waals surface area contributed by atoms with Crippen LogP contribution in [0.4, 0.5) is 0 Å². The molecular formula is C23H32O3. The van der Waals surface area contributed by atoms with E-state index in [0.717, 1.165) is 19.3 Å². The van der Waals surface area contributed by atoms with E-state index < -0.39 is 6.29 Å². The van der Waals surface area contributed by atoms with Crippen molar-refractivity contribution in [2.75, 3.05) is 0 Å². The molecule has 1 heterocycles. The summed E-state index contributed by atoms with van der Waals surface area (Å²) in [6, 6.07) is 8.49. The summed E-state index contributed by atoms with van der Waals surface area (Å²) in [4.78, 5) is 12.7. The van der Waals surface area contributed by atoms with E-state index in [2.05, 4.69) is 52.0 Å². The number of carbonyl (C=O) groups is 1. The van der Waals surface area contributed by atoms with Crippen molar-refractivity contribution < 1.29 is 14.3 Å². The lowest BCUT2D eigenvalue weighted by molar-refractivity contribution is -0.211. The topological polar surface area (TPSA) is 35.5 Å². The van der Waals surface area contributed by atoms with Gasteiger partial charge in [0, 0.05) is 5.41 Å². The van der Waals surface area contributed by atoms with Gasteiger partial charge in [-0.1, -0.05) is 58.4 Å². The Balaban J connectivity index is 1.58. The molecule has 0 amide bonds. The molecule has 0 spiro atoms. The molecule has 142 valence electrons. The third kappa shape index (κ3) is 2.98. The van der Waals surface area contributed by atoms with Crippen molar-refractivity contribution in [1.29, 1.82) is 0 Å². The first-order valence-electron chi connectivity index (χ1n) is 10.3. The minimum absolute atomic E-state index is 0.0723. The maximum absolute atomic E-state index is 12.7. The van der Waals surface area contributed by atoms with Gasteiger partial charge in [0.1, 0.15) is 0 Å². The van der Waals surface area contributed by atoms with Crippen LogP contribution in [0.1, 0.15) is 58.1 Å². The zero-order valence-electron chi connectivity index (χ0n) is 16.5. The van der Waals surface area contributed by atoms with Crippen LogP contribution in [0, 0.1) is 29.1 Å². The Morgan fingerprint density at radius 2 is 1.92 bits per heavy atom. The number of benzene rings is 1. The molecule has 0 N–H and O–H groups in total. The summed E-state index contributed by atoms with van der Waals surface area (Å²) in [6.07, 6.45) is 5.00. The molecule has 1 aromatic carbocycles. The van der Waals surface area contributed by atoms with E-state index in [9.17, 15) is 4.79 Å². The predicted molar refractivity (Wildman–Crippen MR) is 102 cm³/mol. The zero-order valence-corrected chi connectivity index (χ0v) is 16.5. The lowest BCUT2D eigenvalue weighted by Gasteiger charge is -2.42. The predicted octanol–water partition coefficient (Wildman–Crippen LogP) is 4.77. The van der Waals surface area contributed by atoms with Crippen LogP contribution in [0.25, 0.3) is 0 Å². The third-order valence-electron chi connectivity index (χ3n) is 7.22. The average molecular weight is 357 g/mol. The minimum Gasteiger partial charge on any atom is -0.435 e. The first-order valence-corrected chi connectivity index (χ1v) is 10.3. The molecule has 3 nitrogen and oxygen atoms in total. The summed E-state index contributed by atoms with van der Waals surface area (Å²) in [5.41, 5.74) is 2.38. The van der Waals surface area contributed by atoms with E-state index in [1.54, 1.807) is 0 Å². The lowest BCUT2D eigenvalue weighted by Crippen LogP contribution is -2.45. The molecule has 4 rings (SSSR count). The Bertz CT molecular complexity index is 682. The fourth-order valence-corrected chi connectivity index (χ4v) is 5.45. The van der Waals surface area contributed by atoms with Gasteiger partial charge in [-0.15, -0.1) is 0 Å². The van der Waals surface area contributed by atoms with Crippen molar-refractivity contribution in [3.63, 3.8) is 0 Å². The molecule has 2 fully saturated rings. The molecule has 1 saturated carbocycles. The first-order chi connectivity index (χ1) is 12.4. The van der Waals surface area contributed by atoms with Gasteiger partial charge in [0.2, 0.25) is 6.29 Å². The first kappa shape index (κ1) is 18.0.